The molecule has 0 bridgehead atoms. The summed E-state index contributed by atoms with van der Waals surface area (Å²) >= 11 is 7.36. The lowest BCUT2D eigenvalue weighted by Gasteiger charge is -2.13. The minimum atomic E-state index is -4.77. The minimum absolute atomic E-state index is 0.0323. The highest BCUT2D eigenvalue weighted by atomic mass is 79.9. The van der Waals surface area contributed by atoms with Crippen molar-refractivity contribution in [2.75, 3.05) is 0 Å². The first-order valence-corrected chi connectivity index (χ1v) is 12.7. The van der Waals surface area contributed by atoms with Gasteiger partial charge in [0.05, 0.1) is 21.9 Å². The molecule has 3 aromatic carbocycles. The van der Waals surface area contributed by atoms with E-state index < -0.39 is 39.2 Å². The molecule has 1 heterocycles. The van der Waals surface area contributed by atoms with Crippen molar-refractivity contribution in [1.82, 2.24) is 4.90 Å². The monoisotopic (exact) mass is 656 g/mol. The van der Waals surface area contributed by atoms with Crippen molar-refractivity contribution in [3.05, 3.63) is 101 Å². The molecule has 0 aliphatic carbocycles. The molecule has 190 valence electrons. The molecule has 0 atom stereocenters. The lowest BCUT2D eigenvalue weighted by atomic mass is 10.1. The maximum absolute atomic E-state index is 13.0. The normalized spacial score (nSPS) is 14.9. The van der Waals surface area contributed by atoms with Crippen LogP contribution in [-0.2, 0) is 17.5 Å². The number of rotatable bonds is 6. The Morgan fingerprint density at radius 1 is 1.00 bits per heavy atom. The van der Waals surface area contributed by atoms with Crippen molar-refractivity contribution in [1.29, 1.82) is 0 Å². The Balaban J connectivity index is 1.66. The van der Waals surface area contributed by atoms with Gasteiger partial charge in [-0.15, -0.1) is 0 Å². The van der Waals surface area contributed by atoms with E-state index in [9.17, 15) is 32.9 Å². The summed E-state index contributed by atoms with van der Waals surface area (Å²) in [5, 5.41) is 11.0. The van der Waals surface area contributed by atoms with Gasteiger partial charge in [-0.2, -0.15) is 13.2 Å². The maximum Gasteiger partial charge on any atom is 0.416 e. The van der Waals surface area contributed by atoms with Crippen LogP contribution in [0.2, 0.25) is 0 Å². The van der Waals surface area contributed by atoms with Crippen LogP contribution in [0.5, 0.6) is 11.5 Å². The Bertz CT molecular complexity index is 1460. The van der Waals surface area contributed by atoms with Gasteiger partial charge in [0.2, 0.25) is 5.75 Å². The maximum atomic E-state index is 13.0. The third kappa shape index (κ3) is 6.22. The zero-order valence-corrected chi connectivity index (χ0v) is 22.3. The molecule has 4 rings (SSSR count). The van der Waals surface area contributed by atoms with Crippen molar-refractivity contribution in [2.24, 2.45) is 0 Å². The number of carbonyl (C=O) groups excluding carboxylic acids is 2. The summed E-state index contributed by atoms with van der Waals surface area (Å²) in [6.45, 7) is 0.0566. The quantitative estimate of drug-likeness (QED) is 0.151. The fraction of sp³-hybridized carbons (Fsp3) is 0.0833. The second kappa shape index (κ2) is 10.7. The standard InChI is InChI=1S/C24H13Br2F3N2O5S/c25-16-3-1-2-13(8-16)12-30-22(32)21(37-23(30)33)10-14-9-17(26)5-7-19(14)36-20-6-4-15(24(27,28)29)11-18(20)31(34)35/h1-11H,12H2/b21-10+. The first-order valence-electron chi connectivity index (χ1n) is 10.3. The van der Waals surface area contributed by atoms with E-state index in [0.29, 0.717) is 28.4 Å². The van der Waals surface area contributed by atoms with Gasteiger partial charge in [0.25, 0.3) is 11.1 Å². The third-order valence-corrected chi connectivity index (χ3v) is 6.96. The van der Waals surface area contributed by atoms with Crippen LogP contribution >= 0.6 is 43.6 Å². The molecule has 1 fully saturated rings. The van der Waals surface area contributed by atoms with Crippen LogP contribution in [0.25, 0.3) is 6.08 Å². The van der Waals surface area contributed by atoms with Crippen LogP contribution in [0, 0.1) is 10.1 Å². The van der Waals surface area contributed by atoms with Crippen molar-refractivity contribution >= 4 is 66.5 Å². The molecule has 0 saturated carbocycles. The van der Waals surface area contributed by atoms with E-state index in [1.807, 2.05) is 6.07 Å². The van der Waals surface area contributed by atoms with Crippen LogP contribution < -0.4 is 4.74 Å². The average Bonchev–Trinajstić information content (AvgIpc) is 3.07. The number of benzene rings is 3. The van der Waals surface area contributed by atoms with Gasteiger partial charge in [0.1, 0.15) is 5.75 Å². The Morgan fingerprint density at radius 2 is 1.70 bits per heavy atom. The Kier molecular flexibility index (Phi) is 7.76. The van der Waals surface area contributed by atoms with Gasteiger partial charge in [-0.3, -0.25) is 24.6 Å². The molecule has 37 heavy (non-hydrogen) atoms. The van der Waals surface area contributed by atoms with Crippen LogP contribution in [0.15, 0.2) is 74.5 Å². The van der Waals surface area contributed by atoms with Crippen molar-refractivity contribution in [3.8, 4) is 11.5 Å². The van der Waals surface area contributed by atoms with Gasteiger partial charge in [0, 0.05) is 20.6 Å². The predicted molar refractivity (Wildman–Crippen MR) is 138 cm³/mol. The number of halogens is 5. The fourth-order valence-corrected chi connectivity index (χ4v) is 5.02. The van der Waals surface area contributed by atoms with E-state index in [1.54, 1.807) is 30.3 Å². The largest absolute Gasteiger partial charge is 0.449 e. The SMILES string of the molecule is O=C1S/C(=C/c2cc(Br)ccc2Oc2ccc(C(F)(F)F)cc2[N+](=O)[O-])C(=O)N1Cc1cccc(Br)c1. The highest BCUT2D eigenvalue weighted by molar-refractivity contribution is 9.10. The number of nitro groups is 1. The van der Waals surface area contributed by atoms with Crippen molar-refractivity contribution in [3.63, 3.8) is 0 Å². The van der Waals surface area contributed by atoms with E-state index >= 15 is 0 Å². The van der Waals surface area contributed by atoms with Crippen molar-refractivity contribution in [2.45, 2.75) is 12.7 Å². The molecular formula is C24H13Br2F3N2O5S. The predicted octanol–water partition coefficient (Wildman–Crippen LogP) is 8.17. The van der Waals surface area contributed by atoms with Crippen LogP contribution in [0.4, 0.5) is 23.7 Å². The number of carbonyl (C=O) groups is 2. The summed E-state index contributed by atoms with van der Waals surface area (Å²) < 4.78 is 46.1. The fourth-order valence-electron chi connectivity index (χ4n) is 3.36. The van der Waals surface area contributed by atoms with Gasteiger partial charge < -0.3 is 4.74 Å². The smallest absolute Gasteiger partial charge is 0.416 e. The summed E-state index contributed by atoms with van der Waals surface area (Å²) in [7, 11) is 0. The van der Waals surface area contributed by atoms with Gasteiger partial charge >= 0.3 is 11.9 Å². The number of hydrogen-bond donors (Lipinski definition) is 0. The van der Waals surface area contributed by atoms with Crippen LogP contribution in [0.3, 0.4) is 0 Å². The topological polar surface area (TPSA) is 89.7 Å². The number of amides is 2. The molecule has 0 spiro atoms. The first-order chi connectivity index (χ1) is 17.4. The molecule has 2 amide bonds. The second-order valence-electron chi connectivity index (χ2n) is 7.62. The lowest BCUT2D eigenvalue weighted by molar-refractivity contribution is -0.385. The molecule has 0 unspecified atom stereocenters. The molecule has 1 aliphatic rings. The highest BCUT2D eigenvalue weighted by Gasteiger charge is 2.36. The lowest BCUT2D eigenvalue weighted by Crippen LogP contribution is -2.27. The van der Waals surface area contributed by atoms with E-state index in [0.717, 1.165) is 21.0 Å². The summed E-state index contributed by atoms with van der Waals surface area (Å²) in [6, 6.07) is 13.6. The highest BCUT2D eigenvalue weighted by Crippen LogP contribution is 2.40. The van der Waals surface area contributed by atoms with Gasteiger partial charge in [-0.05, 0) is 65.9 Å². The molecule has 0 radical (unpaired) electrons. The Morgan fingerprint density at radius 3 is 2.38 bits per heavy atom. The number of imide groups is 1. The van der Waals surface area contributed by atoms with E-state index in [2.05, 4.69) is 31.9 Å². The van der Waals surface area contributed by atoms with Gasteiger partial charge in [-0.1, -0.05) is 44.0 Å². The second-order valence-corrected chi connectivity index (χ2v) is 10.4. The number of thioether (sulfide) groups is 1. The van der Waals surface area contributed by atoms with E-state index in [4.69, 9.17) is 4.74 Å². The third-order valence-electron chi connectivity index (χ3n) is 5.06. The van der Waals surface area contributed by atoms with E-state index in [-0.39, 0.29) is 22.8 Å². The minimum Gasteiger partial charge on any atom is -0.449 e. The van der Waals surface area contributed by atoms with Crippen LogP contribution in [-0.4, -0.2) is 21.0 Å². The molecule has 0 aromatic heterocycles. The number of ether oxygens (including phenoxy) is 1. The first kappa shape index (κ1) is 26.9. The zero-order chi connectivity index (χ0) is 26.9. The average molecular weight is 658 g/mol. The number of nitrogens with zero attached hydrogens (tertiary/aromatic N) is 2. The summed E-state index contributed by atoms with van der Waals surface area (Å²) in [5.41, 5.74) is -1.06. The summed E-state index contributed by atoms with van der Waals surface area (Å²) in [6.07, 6.45) is -3.38. The van der Waals surface area contributed by atoms with Crippen molar-refractivity contribution < 1.29 is 32.4 Å². The number of hydrogen-bond acceptors (Lipinski definition) is 6. The number of alkyl halides is 3. The molecule has 0 N–H and O–H groups in total. The van der Waals surface area contributed by atoms with Gasteiger partial charge in [-0.25, -0.2) is 0 Å². The molecule has 1 saturated heterocycles. The zero-order valence-electron chi connectivity index (χ0n) is 18.3. The summed E-state index contributed by atoms with van der Waals surface area (Å²) in [4.78, 5) is 37.2. The van der Waals surface area contributed by atoms with Crippen LogP contribution in [0.1, 0.15) is 16.7 Å². The molecule has 3 aromatic rings. The Labute approximate surface area is 228 Å². The molecule has 7 nitrogen and oxygen atoms in total. The Hall–Kier alpha value is -3.16. The molecule has 1 aliphatic heterocycles. The number of nitro benzene ring substituents is 1. The summed E-state index contributed by atoms with van der Waals surface area (Å²) in [5.74, 6) is -0.927. The molecular weight excluding hydrogens is 645 g/mol. The molecule has 13 heteroatoms. The van der Waals surface area contributed by atoms with E-state index in [1.165, 1.54) is 12.1 Å². The van der Waals surface area contributed by atoms with Gasteiger partial charge in [0.15, 0.2) is 0 Å².